The molecular formula is C7H6Br2N2O2. The maximum atomic E-state index is 10.6. The first kappa shape index (κ1) is 10.5. The van der Waals surface area contributed by atoms with Crippen LogP contribution in [0.2, 0.25) is 0 Å². The molecule has 0 amide bonds. The van der Waals surface area contributed by atoms with Gasteiger partial charge in [0, 0.05) is 4.47 Å². The molecule has 0 saturated heterocycles. The highest BCUT2D eigenvalue weighted by molar-refractivity contribution is 9.11. The van der Waals surface area contributed by atoms with Gasteiger partial charge in [-0.2, -0.15) is 5.90 Å². The van der Waals surface area contributed by atoms with Crippen LogP contribution in [-0.2, 0) is 0 Å². The summed E-state index contributed by atoms with van der Waals surface area (Å²) in [5.74, 6) is 5.22. The summed E-state index contributed by atoms with van der Waals surface area (Å²) in [6.07, 6.45) is 0.636. The zero-order valence-electron chi connectivity index (χ0n) is 6.38. The van der Waals surface area contributed by atoms with Gasteiger partial charge < -0.3 is 10.6 Å². The number of hydrogen-bond donors (Lipinski definition) is 2. The summed E-state index contributed by atoms with van der Waals surface area (Å²) in [6, 6.07) is 1.54. The molecule has 0 radical (unpaired) electrons. The highest BCUT2D eigenvalue weighted by atomic mass is 79.9. The monoisotopic (exact) mass is 308 g/mol. The van der Waals surface area contributed by atoms with E-state index in [2.05, 4.69) is 36.7 Å². The molecule has 0 aliphatic carbocycles. The molecule has 0 heterocycles. The van der Waals surface area contributed by atoms with Crippen LogP contribution >= 0.6 is 31.9 Å². The molecule has 70 valence electrons. The Morgan fingerprint density at radius 2 is 2.08 bits per heavy atom. The molecule has 0 bridgehead atoms. The number of halogens is 2. The Hall–Kier alpha value is -0.590. The van der Waals surface area contributed by atoms with Gasteiger partial charge in [0.1, 0.15) is 0 Å². The van der Waals surface area contributed by atoms with Crippen LogP contribution in [0.15, 0.2) is 15.0 Å². The van der Waals surface area contributed by atoms with Gasteiger partial charge in [-0.25, -0.2) is 0 Å². The maximum Gasteiger partial charge on any atom is 0.173 e. The molecule has 1 aromatic carbocycles. The lowest BCUT2D eigenvalue weighted by Gasteiger charge is -2.08. The van der Waals surface area contributed by atoms with Gasteiger partial charge in [0.05, 0.1) is 15.7 Å². The van der Waals surface area contributed by atoms with E-state index >= 15 is 0 Å². The molecular weight excluding hydrogens is 304 g/mol. The molecule has 0 aromatic heterocycles. The van der Waals surface area contributed by atoms with Gasteiger partial charge in [-0.05, 0) is 37.9 Å². The molecule has 0 atom stereocenters. The van der Waals surface area contributed by atoms with Crippen molar-refractivity contribution in [2.75, 3.05) is 5.73 Å². The van der Waals surface area contributed by atoms with Gasteiger partial charge in [-0.3, -0.25) is 4.79 Å². The first-order valence-corrected chi connectivity index (χ1v) is 4.79. The zero-order valence-corrected chi connectivity index (χ0v) is 9.55. The van der Waals surface area contributed by atoms with E-state index in [0.29, 0.717) is 26.5 Å². The van der Waals surface area contributed by atoms with Gasteiger partial charge >= 0.3 is 0 Å². The molecule has 6 heteroatoms. The Morgan fingerprint density at radius 1 is 1.46 bits per heavy atom. The van der Waals surface area contributed by atoms with Crippen LogP contribution in [0.25, 0.3) is 0 Å². The first-order chi connectivity index (χ1) is 6.11. The number of benzene rings is 1. The summed E-state index contributed by atoms with van der Waals surface area (Å²) in [4.78, 5) is 15.1. The van der Waals surface area contributed by atoms with E-state index in [4.69, 9.17) is 11.6 Å². The van der Waals surface area contributed by atoms with Gasteiger partial charge in [0.25, 0.3) is 0 Å². The third kappa shape index (κ3) is 1.84. The minimum absolute atomic E-state index is 0.232. The van der Waals surface area contributed by atoms with Crippen molar-refractivity contribution in [1.29, 1.82) is 0 Å². The van der Waals surface area contributed by atoms with E-state index in [0.717, 1.165) is 0 Å². The molecule has 13 heavy (non-hydrogen) atoms. The molecule has 4 nitrogen and oxygen atoms in total. The second-order valence-electron chi connectivity index (χ2n) is 2.24. The average molecular weight is 310 g/mol. The van der Waals surface area contributed by atoms with Crippen LogP contribution in [0, 0.1) is 0 Å². The van der Waals surface area contributed by atoms with Crippen LogP contribution in [0.1, 0.15) is 10.4 Å². The number of anilines is 1. The Kier molecular flexibility index (Phi) is 3.29. The average Bonchev–Trinajstić information content (AvgIpc) is 2.13. The van der Waals surface area contributed by atoms with Gasteiger partial charge in [-0.1, -0.05) is 0 Å². The number of aldehydes is 1. The van der Waals surface area contributed by atoms with Crippen molar-refractivity contribution in [2.45, 2.75) is 0 Å². The summed E-state index contributed by atoms with van der Waals surface area (Å²) >= 11 is 6.35. The highest BCUT2D eigenvalue weighted by Crippen LogP contribution is 2.37. The summed E-state index contributed by atoms with van der Waals surface area (Å²) in [5.41, 5.74) is 6.40. The molecule has 4 N–H and O–H groups in total. The predicted molar refractivity (Wildman–Crippen MR) is 56.5 cm³/mol. The largest absolute Gasteiger partial charge is 0.409 e. The second-order valence-corrected chi connectivity index (χ2v) is 3.89. The lowest BCUT2D eigenvalue weighted by atomic mass is 10.2. The third-order valence-corrected chi connectivity index (χ3v) is 2.93. The number of nitrogen functional groups attached to an aromatic ring is 1. The van der Waals surface area contributed by atoms with Crippen molar-refractivity contribution >= 4 is 43.8 Å². The topological polar surface area (TPSA) is 78.3 Å². The Bertz CT molecular complexity index is 355. The standard InChI is InChI=1S/C7H6Br2N2O2/c8-4-1-3(2-12)7(13-11)5(9)6(4)10/h1-2H,10-11H2. The molecule has 1 rings (SSSR count). The van der Waals surface area contributed by atoms with Crippen LogP contribution in [0.3, 0.4) is 0 Å². The fourth-order valence-corrected chi connectivity index (χ4v) is 2.09. The normalized spacial score (nSPS) is 9.77. The fourth-order valence-electron chi connectivity index (χ4n) is 0.841. The van der Waals surface area contributed by atoms with Crippen molar-refractivity contribution < 1.29 is 9.63 Å². The van der Waals surface area contributed by atoms with E-state index in [-0.39, 0.29) is 5.75 Å². The van der Waals surface area contributed by atoms with Crippen molar-refractivity contribution in [1.82, 2.24) is 0 Å². The molecule has 1 aromatic rings. The summed E-state index contributed by atoms with van der Waals surface area (Å²) < 4.78 is 1.08. The van der Waals surface area contributed by atoms with Crippen LogP contribution in [-0.4, -0.2) is 6.29 Å². The maximum absolute atomic E-state index is 10.6. The van der Waals surface area contributed by atoms with Crippen molar-refractivity contribution in [2.24, 2.45) is 5.90 Å². The lowest BCUT2D eigenvalue weighted by molar-refractivity contribution is 0.111. The quantitative estimate of drug-likeness (QED) is 0.496. The number of rotatable bonds is 2. The molecule has 0 aliphatic heterocycles. The van der Waals surface area contributed by atoms with E-state index in [9.17, 15) is 4.79 Å². The molecule has 0 fully saturated rings. The van der Waals surface area contributed by atoms with E-state index in [1.807, 2.05) is 0 Å². The Labute approximate surface area is 91.4 Å². The first-order valence-electron chi connectivity index (χ1n) is 3.21. The number of hydrogen-bond acceptors (Lipinski definition) is 4. The SMILES string of the molecule is NOc1c(C=O)cc(Br)c(N)c1Br. The van der Waals surface area contributed by atoms with Crippen molar-refractivity contribution in [3.05, 3.63) is 20.6 Å². The summed E-state index contributed by atoms with van der Waals surface area (Å²) in [6.45, 7) is 0. The van der Waals surface area contributed by atoms with Crippen molar-refractivity contribution in [3.8, 4) is 5.75 Å². The molecule has 0 aliphatic rings. The molecule has 0 spiro atoms. The summed E-state index contributed by atoms with van der Waals surface area (Å²) in [7, 11) is 0. The fraction of sp³-hybridized carbons (Fsp3) is 0. The van der Waals surface area contributed by atoms with E-state index in [1.54, 1.807) is 0 Å². The van der Waals surface area contributed by atoms with Crippen molar-refractivity contribution in [3.63, 3.8) is 0 Å². The van der Waals surface area contributed by atoms with Gasteiger partial charge in [0.2, 0.25) is 0 Å². The highest BCUT2D eigenvalue weighted by Gasteiger charge is 2.13. The van der Waals surface area contributed by atoms with Crippen LogP contribution < -0.4 is 16.5 Å². The summed E-state index contributed by atoms with van der Waals surface area (Å²) in [5, 5.41) is 0. The molecule has 0 saturated carbocycles. The minimum atomic E-state index is 0.232. The second kappa shape index (κ2) is 4.08. The lowest BCUT2D eigenvalue weighted by Crippen LogP contribution is -2.06. The molecule has 0 unspecified atom stereocenters. The predicted octanol–water partition coefficient (Wildman–Crippen LogP) is 1.86. The van der Waals surface area contributed by atoms with E-state index in [1.165, 1.54) is 6.07 Å². The number of carbonyl (C=O) groups is 1. The smallest absolute Gasteiger partial charge is 0.173 e. The minimum Gasteiger partial charge on any atom is -0.409 e. The Morgan fingerprint density at radius 3 is 2.54 bits per heavy atom. The number of nitrogens with two attached hydrogens (primary N) is 2. The Balaban J connectivity index is 3.47. The zero-order chi connectivity index (χ0) is 10.0. The third-order valence-electron chi connectivity index (χ3n) is 1.48. The van der Waals surface area contributed by atoms with Gasteiger partial charge in [0.15, 0.2) is 12.0 Å². The van der Waals surface area contributed by atoms with E-state index < -0.39 is 0 Å². The van der Waals surface area contributed by atoms with Crippen LogP contribution in [0.4, 0.5) is 5.69 Å². The van der Waals surface area contributed by atoms with Crippen LogP contribution in [0.5, 0.6) is 5.75 Å². The number of carbonyl (C=O) groups excluding carboxylic acids is 1. The van der Waals surface area contributed by atoms with Gasteiger partial charge in [-0.15, -0.1) is 0 Å².